The van der Waals surface area contributed by atoms with Crippen LogP contribution in [0.2, 0.25) is 0 Å². The molecule has 1 unspecified atom stereocenters. The van der Waals surface area contributed by atoms with Gasteiger partial charge in [-0.1, -0.05) is 38.3 Å². The Kier molecular flexibility index (Phi) is 4.77. The Morgan fingerprint density at radius 2 is 2.00 bits per heavy atom. The van der Waals surface area contributed by atoms with Crippen molar-refractivity contribution in [1.29, 1.82) is 0 Å². The second kappa shape index (κ2) is 6.55. The number of hydrogen-bond acceptors (Lipinski definition) is 3. The summed E-state index contributed by atoms with van der Waals surface area (Å²) in [5, 5.41) is 14.4. The van der Waals surface area contributed by atoms with Gasteiger partial charge in [-0.15, -0.1) is 0 Å². The van der Waals surface area contributed by atoms with Gasteiger partial charge in [0.1, 0.15) is 5.69 Å². The van der Waals surface area contributed by atoms with Gasteiger partial charge in [-0.25, -0.2) is 0 Å². The number of nitro benzene ring substituents is 1. The van der Waals surface area contributed by atoms with Crippen LogP contribution in [0.15, 0.2) is 24.3 Å². The summed E-state index contributed by atoms with van der Waals surface area (Å²) < 4.78 is 0. The fourth-order valence-corrected chi connectivity index (χ4v) is 3.04. The summed E-state index contributed by atoms with van der Waals surface area (Å²) in [6.45, 7) is 2.15. The molecule has 1 aliphatic carbocycles. The third kappa shape index (κ3) is 3.46. The average Bonchev–Trinajstić information content (AvgIpc) is 2.46. The van der Waals surface area contributed by atoms with Crippen LogP contribution < -0.4 is 5.32 Å². The van der Waals surface area contributed by atoms with Crippen LogP contribution in [0.25, 0.3) is 0 Å². The van der Waals surface area contributed by atoms with Crippen LogP contribution in [0.3, 0.4) is 0 Å². The molecule has 0 spiro atoms. The molecule has 19 heavy (non-hydrogen) atoms. The van der Waals surface area contributed by atoms with Crippen LogP contribution in [0.1, 0.15) is 45.4 Å². The van der Waals surface area contributed by atoms with Gasteiger partial charge in [0.2, 0.25) is 0 Å². The van der Waals surface area contributed by atoms with Crippen molar-refractivity contribution in [2.45, 2.75) is 51.5 Å². The van der Waals surface area contributed by atoms with E-state index in [1.807, 2.05) is 12.1 Å². The molecule has 1 aromatic rings. The van der Waals surface area contributed by atoms with E-state index < -0.39 is 0 Å². The van der Waals surface area contributed by atoms with Gasteiger partial charge in [0.05, 0.1) is 4.92 Å². The average molecular weight is 262 g/mol. The Balaban J connectivity index is 2.11. The van der Waals surface area contributed by atoms with Crippen molar-refractivity contribution in [2.75, 3.05) is 5.32 Å². The van der Waals surface area contributed by atoms with Crippen molar-refractivity contribution in [3.05, 3.63) is 34.4 Å². The first-order chi connectivity index (χ1) is 9.22. The van der Waals surface area contributed by atoms with E-state index in [4.69, 9.17) is 0 Å². The van der Waals surface area contributed by atoms with E-state index in [1.165, 1.54) is 32.1 Å². The molecular formula is C15H22N2O2. The van der Waals surface area contributed by atoms with Crippen LogP contribution >= 0.6 is 0 Å². The van der Waals surface area contributed by atoms with Crippen LogP contribution in [0.5, 0.6) is 0 Å². The minimum Gasteiger partial charge on any atom is -0.376 e. The summed E-state index contributed by atoms with van der Waals surface area (Å²) in [6, 6.07) is 7.29. The smallest absolute Gasteiger partial charge is 0.292 e. The van der Waals surface area contributed by atoms with Crippen molar-refractivity contribution in [3.63, 3.8) is 0 Å². The second-order valence-electron chi connectivity index (χ2n) is 5.33. The molecule has 0 aromatic heterocycles. The number of nitrogens with one attached hydrogen (secondary N) is 1. The molecule has 0 heterocycles. The predicted octanol–water partition coefficient (Wildman–Crippen LogP) is 4.37. The lowest BCUT2D eigenvalue weighted by molar-refractivity contribution is -0.384. The lowest BCUT2D eigenvalue weighted by atomic mass is 9.83. The third-order valence-corrected chi connectivity index (χ3v) is 4.10. The van der Waals surface area contributed by atoms with Crippen LogP contribution in [0.4, 0.5) is 11.4 Å². The first kappa shape index (κ1) is 13.8. The number of rotatable bonds is 5. The SMILES string of the molecule is CCC(Nc1ccccc1[N+](=O)[O-])C1CCCCC1. The molecule has 1 N–H and O–H groups in total. The zero-order valence-electron chi connectivity index (χ0n) is 11.5. The number of para-hydroxylation sites is 2. The summed E-state index contributed by atoms with van der Waals surface area (Å²) in [7, 11) is 0. The van der Waals surface area contributed by atoms with Gasteiger partial charge >= 0.3 is 0 Å². The highest BCUT2D eigenvalue weighted by atomic mass is 16.6. The van der Waals surface area contributed by atoms with Gasteiger partial charge in [-0.2, -0.15) is 0 Å². The Morgan fingerprint density at radius 3 is 2.63 bits per heavy atom. The number of benzene rings is 1. The highest BCUT2D eigenvalue weighted by molar-refractivity contribution is 5.61. The van der Waals surface area contributed by atoms with Gasteiger partial charge in [0, 0.05) is 12.1 Å². The van der Waals surface area contributed by atoms with Gasteiger partial charge in [-0.05, 0) is 31.2 Å². The fraction of sp³-hybridized carbons (Fsp3) is 0.600. The van der Waals surface area contributed by atoms with Gasteiger partial charge < -0.3 is 5.32 Å². The van der Waals surface area contributed by atoms with Gasteiger partial charge in [-0.3, -0.25) is 10.1 Å². The summed E-state index contributed by atoms with van der Waals surface area (Å²) >= 11 is 0. The molecule has 0 saturated heterocycles. The molecule has 104 valence electrons. The summed E-state index contributed by atoms with van der Waals surface area (Å²) in [4.78, 5) is 10.7. The summed E-state index contributed by atoms with van der Waals surface area (Å²) in [5.74, 6) is 0.651. The van der Waals surface area contributed by atoms with Crippen LogP contribution in [-0.4, -0.2) is 11.0 Å². The van der Waals surface area contributed by atoms with E-state index in [-0.39, 0.29) is 10.6 Å². The van der Waals surface area contributed by atoms with Crippen molar-refractivity contribution < 1.29 is 4.92 Å². The lowest BCUT2D eigenvalue weighted by Gasteiger charge is -2.30. The molecule has 0 aliphatic heterocycles. The highest BCUT2D eigenvalue weighted by Gasteiger charge is 2.24. The van der Waals surface area contributed by atoms with Crippen molar-refractivity contribution in [2.24, 2.45) is 5.92 Å². The number of hydrogen-bond donors (Lipinski definition) is 1. The number of nitro groups is 1. The van der Waals surface area contributed by atoms with E-state index in [9.17, 15) is 10.1 Å². The molecule has 4 heteroatoms. The van der Waals surface area contributed by atoms with E-state index in [2.05, 4.69) is 12.2 Å². The van der Waals surface area contributed by atoms with Gasteiger partial charge in [0.15, 0.2) is 0 Å². The monoisotopic (exact) mass is 262 g/mol. The largest absolute Gasteiger partial charge is 0.376 e. The topological polar surface area (TPSA) is 55.2 Å². The highest BCUT2D eigenvalue weighted by Crippen LogP contribution is 2.32. The summed E-state index contributed by atoms with van der Waals surface area (Å²) in [5.41, 5.74) is 0.835. The predicted molar refractivity (Wildman–Crippen MR) is 77.4 cm³/mol. The molecule has 1 aliphatic rings. The van der Waals surface area contributed by atoms with E-state index >= 15 is 0 Å². The maximum Gasteiger partial charge on any atom is 0.292 e. The van der Waals surface area contributed by atoms with Crippen molar-refractivity contribution >= 4 is 11.4 Å². The van der Waals surface area contributed by atoms with E-state index in [0.717, 1.165) is 6.42 Å². The number of anilines is 1. The zero-order valence-corrected chi connectivity index (χ0v) is 11.5. The van der Waals surface area contributed by atoms with Gasteiger partial charge in [0.25, 0.3) is 5.69 Å². The summed E-state index contributed by atoms with van der Waals surface area (Å²) in [6.07, 6.45) is 7.41. The quantitative estimate of drug-likeness (QED) is 0.633. The maximum atomic E-state index is 11.0. The lowest BCUT2D eigenvalue weighted by Crippen LogP contribution is -2.30. The van der Waals surface area contributed by atoms with E-state index in [1.54, 1.807) is 12.1 Å². The first-order valence-corrected chi connectivity index (χ1v) is 7.22. The Labute approximate surface area is 114 Å². The Bertz CT molecular complexity index is 428. The molecule has 1 atom stereocenters. The van der Waals surface area contributed by atoms with Crippen molar-refractivity contribution in [3.8, 4) is 0 Å². The molecule has 0 bridgehead atoms. The zero-order chi connectivity index (χ0) is 13.7. The minimum absolute atomic E-state index is 0.178. The molecule has 2 rings (SSSR count). The maximum absolute atomic E-state index is 11.0. The standard InChI is InChI=1S/C15H22N2O2/c1-2-13(12-8-4-3-5-9-12)16-14-10-6-7-11-15(14)17(18)19/h6-7,10-13,16H,2-5,8-9H2,1H3. The fourth-order valence-electron chi connectivity index (χ4n) is 3.04. The molecular weight excluding hydrogens is 240 g/mol. The minimum atomic E-state index is -0.310. The molecule has 4 nitrogen and oxygen atoms in total. The second-order valence-corrected chi connectivity index (χ2v) is 5.33. The van der Waals surface area contributed by atoms with Crippen molar-refractivity contribution in [1.82, 2.24) is 0 Å². The Hall–Kier alpha value is -1.58. The number of nitrogens with zero attached hydrogens (tertiary/aromatic N) is 1. The van der Waals surface area contributed by atoms with Crippen LogP contribution in [-0.2, 0) is 0 Å². The molecule has 0 amide bonds. The van der Waals surface area contributed by atoms with Crippen LogP contribution in [0, 0.1) is 16.0 Å². The molecule has 1 fully saturated rings. The molecule has 0 radical (unpaired) electrons. The van der Waals surface area contributed by atoms with E-state index in [0.29, 0.717) is 17.6 Å². The molecule has 1 aromatic carbocycles. The third-order valence-electron chi connectivity index (χ3n) is 4.10. The normalized spacial score (nSPS) is 17.9. The first-order valence-electron chi connectivity index (χ1n) is 7.22. The Morgan fingerprint density at radius 1 is 1.32 bits per heavy atom. The molecule has 1 saturated carbocycles.